The molecule has 0 aliphatic rings. The summed E-state index contributed by atoms with van der Waals surface area (Å²) in [6.07, 6.45) is 1.69. The average molecular weight is 348 g/mol. The highest BCUT2D eigenvalue weighted by Crippen LogP contribution is 2.19. The molecule has 2 rings (SSSR count). The number of rotatable bonds is 6. The molecular weight excluding hydrogens is 330 g/mol. The van der Waals surface area contributed by atoms with Crippen molar-refractivity contribution in [2.24, 2.45) is 5.10 Å². The fraction of sp³-hybridized carbons (Fsp3) is 0.176. The van der Waals surface area contributed by atoms with Crippen LogP contribution in [-0.4, -0.2) is 17.9 Å². The van der Waals surface area contributed by atoms with Gasteiger partial charge < -0.3 is 10.1 Å². The normalized spacial score (nSPS) is 10.5. The van der Waals surface area contributed by atoms with E-state index in [1.54, 1.807) is 6.21 Å². The molecule has 120 valence electrons. The van der Waals surface area contributed by atoms with Gasteiger partial charge in [-0.05, 0) is 42.9 Å². The number of nitrogens with zero attached hydrogens (tertiary/aromatic N) is 1. The quantitative estimate of drug-likeness (QED) is 0.475. The van der Waals surface area contributed by atoms with Crippen LogP contribution < -0.4 is 15.5 Å². The first-order valence-electron chi connectivity index (χ1n) is 7.22. The fourth-order valence-corrected chi connectivity index (χ4v) is 2.21. The zero-order valence-corrected chi connectivity index (χ0v) is 14.3. The summed E-state index contributed by atoms with van der Waals surface area (Å²) in [5.74, 6) is 0.753. The molecule has 0 fully saturated rings. The Labute approximate surface area is 146 Å². The molecule has 0 atom stereocenters. The SMILES string of the molecule is CCNC(=S)N/N=C\c1cccc(OCc2ccccc2Cl)c1. The van der Waals surface area contributed by atoms with E-state index in [1.165, 1.54) is 0 Å². The first-order valence-corrected chi connectivity index (χ1v) is 8.01. The van der Waals surface area contributed by atoms with E-state index in [0.717, 1.165) is 23.4 Å². The van der Waals surface area contributed by atoms with Gasteiger partial charge in [0.05, 0.1) is 6.21 Å². The second kappa shape index (κ2) is 9.12. The second-order valence-electron chi connectivity index (χ2n) is 4.68. The van der Waals surface area contributed by atoms with Crippen molar-refractivity contribution in [3.63, 3.8) is 0 Å². The highest BCUT2D eigenvalue weighted by Gasteiger charge is 2.01. The summed E-state index contributed by atoms with van der Waals surface area (Å²) in [4.78, 5) is 0. The minimum absolute atomic E-state index is 0.420. The van der Waals surface area contributed by atoms with Crippen LogP contribution in [0.4, 0.5) is 0 Å². The zero-order valence-electron chi connectivity index (χ0n) is 12.8. The molecule has 0 amide bonds. The van der Waals surface area contributed by atoms with E-state index in [9.17, 15) is 0 Å². The maximum Gasteiger partial charge on any atom is 0.186 e. The van der Waals surface area contributed by atoms with E-state index in [-0.39, 0.29) is 0 Å². The van der Waals surface area contributed by atoms with E-state index in [2.05, 4.69) is 15.8 Å². The largest absolute Gasteiger partial charge is 0.489 e. The number of hydrazone groups is 1. The fourth-order valence-electron chi connectivity index (χ4n) is 1.83. The molecule has 0 bridgehead atoms. The Morgan fingerprint density at radius 1 is 1.26 bits per heavy atom. The Morgan fingerprint density at radius 3 is 2.87 bits per heavy atom. The van der Waals surface area contributed by atoms with E-state index in [1.807, 2.05) is 55.5 Å². The topological polar surface area (TPSA) is 45.7 Å². The minimum Gasteiger partial charge on any atom is -0.489 e. The number of nitrogens with one attached hydrogen (secondary N) is 2. The first kappa shape index (κ1) is 17.2. The smallest absolute Gasteiger partial charge is 0.186 e. The van der Waals surface area contributed by atoms with Crippen molar-refractivity contribution in [3.05, 3.63) is 64.7 Å². The number of thiocarbonyl (C=S) groups is 1. The number of hydrogen-bond acceptors (Lipinski definition) is 3. The van der Waals surface area contributed by atoms with E-state index >= 15 is 0 Å². The zero-order chi connectivity index (χ0) is 16.5. The lowest BCUT2D eigenvalue weighted by atomic mass is 10.2. The Hall–Kier alpha value is -2.11. The van der Waals surface area contributed by atoms with Crippen molar-refractivity contribution < 1.29 is 4.74 Å². The molecule has 0 aliphatic heterocycles. The standard InChI is InChI=1S/C17H18ClN3OS/c1-2-19-17(23)21-20-11-13-6-5-8-15(10-13)22-12-14-7-3-4-9-16(14)18/h3-11H,2,12H2,1H3,(H2,19,21,23)/b20-11-. The van der Waals surface area contributed by atoms with Crippen molar-refractivity contribution in [2.45, 2.75) is 13.5 Å². The summed E-state index contributed by atoms with van der Waals surface area (Å²) in [5.41, 5.74) is 4.61. The molecule has 0 saturated carbocycles. The number of benzene rings is 2. The van der Waals surface area contributed by atoms with Crippen LogP contribution in [0.2, 0.25) is 5.02 Å². The molecule has 6 heteroatoms. The number of halogens is 1. The molecule has 2 N–H and O–H groups in total. The Bertz CT molecular complexity index is 691. The van der Waals surface area contributed by atoms with Gasteiger partial charge in [-0.15, -0.1) is 0 Å². The van der Waals surface area contributed by atoms with Crippen molar-refractivity contribution >= 4 is 35.1 Å². The molecule has 0 heterocycles. The third-order valence-corrected chi connectivity index (χ3v) is 3.53. The third-order valence-electron chi connectivity index (χ3n) is 2.93. The lowest BCUT2D eigenvalue weighted by Crippen LogP contribution is -2.31. The molecule has 2 aromatic carbocycles. The summed E-state index contributed by atoms with van der Waals surface area (Å²) >= 11 is 11.1. The van der Waals surface area contributed by atoms with Gasteiger partial charge in [-0.3, -0.25) is 5.43 Å². The van der Waals surface area contributed by atoms with E-state index < -0.39 is 0 Å². The van der Waals surface area contributed by atoms with Gasteiger partial charge in [0.2, 0.25) is 0 Å². The predicted molar refractivity (Wildman–Crippen MR) is 99.2 cm³/mol. The molecule has 0 aromatic heterocycles. The van der Waals surface area contributed by atoms with E-state index in [0.29, 0.717) is 16.7 Å². The van der Waals surface area contributed by atoms with Crippen LogP contribution in [0.1, 0.15) is 18.1 Å². The summed E-state index contributed by atoms with van der Waals surface area (Å²) in [7, 11) is 0. The van der Waals surface area contributed by atoms with Crippen molar-refractivity contribution in [2.75, 3.05) is 6.54 Å². The van der Waals surface area contributed by atoms with Crippen molar-refractivity contribution in [3.8, 4) is 5.75 Å². The summed E-state index contributed by atoms with van der Waals surface area (Å²) < 4.78 is 5.77. The molecule has 0 aliphatic carbocycles. The lowest BCUT2D eigenvalue weighted by molar-refractivity contribution is 0.306. The second-order valence-corrected chi connectivity index (χ2v) is 5.50. The Balaban J connectivity index is 1.93. The minimum atomic E-state index is 0.420. The molecule has 2 aromatic rings. The highest BCUT2D eigenvalue weighted by atomic mass is 35.5. The summed E-state index contributed by atoms with van der Waals surface area (Å²) in [5, 5.41) is 8.23. The maximum absolute atomic E-state index is 6.12. The van der Waals surface area contributed by atoms with Crippen LogP contribution in [0.5, 0.6) is 5.75 Å². The van der Waals surface area contributed by atoms with Crippen LogP contribution in [0.15, 0.2) is 53.6 Å². The highest BCUT2D eigenvalue weighted by molar-refractivity contribution is 7.80. The first-order chi connectivity index (χ1) is 11.2. The van der Waals surface area contributed by atoms with Gasteiger partial charge in [0, 0.05) is 17.1 Å². The van der Waals surface area contributed by atoms with Crippen LogP contribution in [0, 0.1) is 0 Å². The molecular formula is C17H18ClN3OS. The van der Waals surface area contributed by atoms with Gasteiger partial charge in [0.25, 0.3) is 0 Å². The maximum atomic E-state index is 6.12. The van der Waals surface area contributed by atoms with Gasteiger partial charge in [-0.25, -0.2) is 0 Å². The van der Waals surface area contributed by atoms with Crippen molar-refractivity contribution in [1.29, 1.82) is 0 Å². The lowest BCUT2D eigenvalue weighted by Gasteiger charge is -2.08. The number of ether oxygens (including phenoxy) is 1. The van der Waals surface area contributed by atoms with Crippen LogP contribution in [0.3, 0.4) is 0 Å². The summed E-state index contributed by atoms with van der Waals surface area (Å²) in [6, 6.07) is 15.3. The molecule has 0 spiro atoms. The van der Waals surface area contributed by atoms with Gasteiger partial charge in [-0.1, -0.05) is 41.9 Å². The van der Waals surface area contributed by atoms with Gasteiger partial charge >= 0.3 is 0 Å². The van der Waals surface area contributed by atoms with Gasteiger partial charge in [-0.2, -0.15) is 5.10 Å². The average Bonchev–Trinajstić information content (AvgIpc) is 2.55. The number of hydrogen-bond donors (Lipinski definition) is 2. The predicted octanol–water partition coefficient (Wildman–Crippen LogP) is 3.74. The Morgan fingerprint density at radius 2 is 2.09 bits per heavy atom. The molecule has 4 nitrogen and oxygen atoms in total. The molecule has 0 unspecified atom stereocenters. The van der Waals surface area contributed by atoms with Crippen LogP contribution >= 0.6 is 23.8 Å². The summed E-state index contributed by atoms with van der Waals surface area (Å²) in [6.45, 7) is 3.15. The van der Waals surface area contributed by atoms with Crippen LogP contribution in [-0.2, 0) is 6.61 Å². The van der Waals surface area contributed by atoms with Gasteiger partial charge in [0.15, 0.2) is 5.11 Å². The molecule has 0 radical (unpaired) electrons. The Kier molecular flexibility index (Phi) is 6.84. The van der Waals surface area contributed by atoms with Crippen molar-refractivity contribution in [1.82, 2.24) is 10.7 Å². The third kappa shape index (κ3) is 5.88. The van der Waals surface area contributed by atoms with Crippen LogP contribution in [0.25, 0.3) is 0 Å². The molecule has 0 saturated heterocycles. The molecule has 23 heavy (non-hydrogen) atoms. The monoisotopic (exact) mass is 347 g/mol. The van der Waals surface area contributed by atoms with E-state index in [4.69, 9.17) is 28.6 Å². The van der Waals surface area contributed by atoms with Gasteiger partial charge in [0.1, 0.15) is 12.4 Å².